The lowest BCUT2D eigenvalue weighted by atomic mass is 10.5. The van der Waals surface area contributed by atoms with E-state index in [0.29, 0.717) is 6.29 Å². The molecule has 0 saturated carbocycles. The highest BCUT2D eigenvalue weighted by molar-refractivity contribution is 5.70. The van der Waals surface area contributed by atoms with Crippen molar-refractivity contribution in [3.05, 3.63) is 11.9 Å². The van der Waals surface area contributed by atoms with Gasteiger partial charge in [-0.15, -0.1) is 5.10 Å². The van der Waals surface area contributed by atoms with Gasteiger partial charge in [-0.2, -0.15) is 0 Å². The predicted octanol–water partition coefficient (Wildman–Crippen LogP) is 0.356. The third-order valence-corrected chi connectivity index (χ3v) is 1.00. The van der Waals surface area contributed by atoms with Crippen LogP contribution >= 0.6 is 0 Å². The van der Waals surface area contributed by atoms with Crippen molar-refractivity contribution < 1.29 is 13.6 Å². The first-order valence-corrected chi connectivity index (χ1v) is 2.86. The molecule has 11 heavy (non-hydrogen) atoms. The number of rotatable bonds is 3. The van der Waals surface area contributed by atoms with Crippen LogP contribution in [0.2, 0.25) is 0 Å². The van der Waals surface area contributed by atoms with Crippen molar-refractivity contribution >= 4 is 6.29 Å². The molecule has 1 aromatic rings. The number of aldehydes is 1. The zero-order valence-corrected chi connectivity index (χ0v) is 5.44. The Bertz CT molecular complexity index is 248. The molecule has 0 amide bonds. The van der Waals surface area contributed by atoms with Crippen LogP contribution in [0.15, 0.2) is 6.20 Å². The minimum absolute atomic E-state index is 0.0608. The van der Waals surface area contributed by atoms with Gasteiger partial charge in [0.2, 0.25) is 0 Å². The van der Waals surface area contributed by atoms with Crippen molar-refractivity contribution in [3.8, 4) is 0 Å². The maximum Gasteiger partial charge on any atom is 0.257 e. The number of carbonyl (C=O) groups is 1. The average Bonchev–Trinajstić information content (AvgIpc) is 2.34. The number of carbonyl (C=O) groups excluding carboxylic acids is 1. The molecule has 0 radical (unpaired) electrons. The number of halogens is 2. The molecule has 0 N–H and O–H groups in total. The quantitative estimate of drug-likeness (QED) is 0.601. The molecular formula is C5H5F2N3O. The van der Waals surface area contributed by atoms with Crippen molar-refractivity contribution in [1.29, 1.82) is 0 Å². The summed E-state index contributed by atoms with van der Waals surface area (Å²) in [6.45, 7) is -0.527. The van der Waals surface area contributed by atoms with Crippen LogP contribution < -0.4 is 0 Å². The normalized spacial score (nSPS) is 10.5. The Kier molecular flexibility index (Phi) is 2.25. The van der Waals surface area contributed by atoms with Gasteiger partial charge in [0, 0.05) is 0 Å². The number of alkyl halides is 2. The second-order valence-electron chi connectivity index (χ2n) is 1.87. The van der Waals surface area contributed by atoms with Crippen LogP contribution in [-0.2, 0) is 6.54 Å². The van der Waals surface area contributed by atoms with E-state index in [-0.39, 0.29) is 5.69 Å². The standard InChI is InChI=1S/C5H5F2N3O/c6-5(7)2-10-1-4(3-11)8-9-10/h1,3,5H,2H2. The van der Waals surface area contributed by atoms with Gasteiger partial charge in [-0.1, -0.05) is 5.21 Å². The highest BCUT2D eigenvalue weighted by Crippen LogP contribution is 1.96. The molecule has 1 aromatic heterocycles. The maximum atomic E-state index is 11.7. The van der Waals surface area contributed by atoms with E-state index in [2.05, 4.69) is 10.3 Å². The van der Waals surface area contributed by atoms with Crippen molar-refractivity contribution in [3.63, 3.8) is 0 Å². The fourth-order valence-electron chi connectivity index (χ4n) is 0.598. The largest absolute Gasteiger partial charge is 0.296 e. The van der Waals surface area contributed by atoms with Crippen LogP contribution in [0.3, 0.4) is 0 Å². The van der Waals surface area contributed by atoms with E-state index in [1.54, 1.807) is 0 Å². The molecular weight excluding hydrogens is 156 g/mol. The van der Waals surface area contributed by atoms with E-state index in [0.717, 1.165) is 4.68 Å². The van der Waals surface area contributed by atoms with Crippen LogP contribution in [0, 0.1) is 0 Å². The van der Waals surface area contributed by atoms with Crippen LogP contribution in [0.4, 0.5) is 8.78 Å². The van der Waals surface area contributed by atoms with Crippen LogP contribution in [0.25, 0.3) is 0 Å². The van der Waals surface area contributed by atoms with Gasteiger partial charge in [0.15, 0.2) is 6.29 Å². The molecule has 60 valence electrons. The lowest BCUT2D eigenvalue weighted by molar-refractivity contribution is 0.111. The second-order valence-corrected chi connectivity index (χ2v) is 1.87. The number of hydrogen-bond acceptors (Lipinski definition) is 3. The second kappa shape index (κ2) is 3.18. The molecule has 0 bridgehead atoms. The van der Waals surface area contributed by atoms with E-state index >= 15 is 0 Å². The highest BCUT2D eigenvalue weighted by Gasteiger charge is 2.05. The van der Waals surface area contributed by atoms with Gasteiger partial charge in [-0.3, -0.25) is 4.79 Å². The van der Waals surface area contributed by atoms with Crippen molar-refractivity contribution in [2.45, 2.75) is 13.0 Å². The number of nitrogens with zero attached hydrogens (tertiary/aromatic N) is 3. The number of hydrogen-bond donors (Lipinski definition) is 0. The van der Waals surface area contributed by atoms with E-state index < -0.39 is 13.0 Å². The van der Waals surface area contributed by atoms with Gasteiger partial charge in [0.25, 0.3) is 6.43 Å². The Morgan fingerprint density at radius 1 is 1.73 bits per heavy atom. The van der Waals surface area contributed by atoms with Crippen molar-refractivity contribution in [2.24, 2.45) is 0 Å². The molecule has 1 heterocycles. The van der Waals surface area contributed by atoms with Crippen molar-refractivity contribution in [1.82, 2.24) is 15.0 Å². The van der Waals surface area contributed by atoms with E-state index in [1.165, 1.54) is 6.20 Å². The molecule has 6 heteroatoms. The summed E-state index contributed by atoms with van der Waals surface area (Å²) in [6, 6.07) is 0. The predicted molar refractivity (Wildman–Crippen MR) is 31.4 cm³/mol. The molecule has 0 unspecified atom stereocenters. The Labute approximate surface area is 60.8 Å². The summed E-state index contributed by atoms with van der Waals surface area (Å²) in [5.74, 6) is 0. The molecule has 0 aliphatic carbocycles. The third-order valence-electron chi connectivity index (χ3n) is 1.00. The Hall–Kier alpha value is -1.33. The first kappa shape index (κ1) is 7.77. The molecule has 0 aliphatic heterocycles. The average molecular weight is 161 g/mol. The fourth-order valence-corrected chi connectivity index (χ4v) is 0.598. The Morgan fingerprint density at radius 2 is 2.45 bits per heavy atom. The first-order valence-electron chi connectivity index (χ1n) is 2.86. The van der Waals surface area contributed by atoms with Gasteiger partial charge in [-0.05, 0) is 0 Å². The Morgan fingerprint density at radius 3 is 2.91 bits per heavy atom. The Balaban J connectivity index is 2.65. The van der Waals surface area contributed by atoms with Gasteiger partial charge in [0.05, 0.1) is 6.20 Å². The zero-order chi connectivity index (χ0) is 8.27. The molecule has 4 nitrogen and oxygen atoms in total. The smallest absolute Gasteiger partial charge is 0.257 e. The topological polar surface area (TPSA) is 47.8 Å². The molecule has 0 fully saturated rings. The maximum absolute atomic E-state index is 11.7. The summed E-state index contributed by atoms with van der Waals surface area (Å²) in [4.78, 5) is 10.0. The minimum Gasteiger partial charge on any atom is -0.296 e. The first-order chi connectivity index (χ1) is 5.22. The van der Waals surface area contributed by atoms with Gasteiger partial charge >= 0.3 is 0 Å². The summed E-state index contributed by atoms with van der Waals surface area (Å²) in [5, 5.41) is 6.58. The lowest BCUT2D eigenvalue weighted by Crippen LogP contribution is -2.06. The van der Waals surface area contributed by atoms with Gasteiger partial charge in [-0.25, -0.2) is 13.5 Å². The summed E-state index contributed by atoms with van der Waals surface area (Å²) >= 11 is 0. The summed E-state index contributed by atoms with van der Waals surface area (Å²) in [7, 11) is 0. The van der Waals surface area contributed by atoms with Crippen molar-refractivity contribution in [2.75, 3.05) is 0 Å². The van der Waals surface area contributed by atoms with Crippen LogP contribution in [0.5, 0.6) is 0 Å². The SMILES string of the molecule is O=Cc1cn(CC(F)F)nn1. The fraction of sp³-hybridized carbons (Fsp3) is 0.400. The minimum atomic E-state index is -2.48. The van der Waals surface area contributed by atoms with E-state index in [9.17, 15) is 13.6 Å². The zero-order valence-electron chi connectivity index (χ0n) is 5.44. The molecule has 0 atom stereocenters. The molecule has 1 rings (SSSR count). The van der Waals surface area contributed by atoms with E-state index in [4.69, 9.17) is 0 Å². The molecule has 0 spiro atoms. The van der Waals surface area contributed by atoms with Crippen LogP contribution in [-0.4, -0.2) is 27.7 Å². The third kappa shape index (κ3) is 2.06. The molecule has 0 aliphatic rings. The van der Waals surface area contributed by atoms with Gasteiger partial charge in [0.1, 0.15) is 12.2 Å². The molecule has 0 aromatic carbocycles. The summed E-state index contributed by atoms with van der Waals surface area (Å²) in [5.41, 5.74) is 0.0608. The number of aromatic nitrogens is 3. The van der Waals surface area contributed by atoms with Gasteiger partial charge < -0.3 is 0 Å². The summed E-state index contributed by atoms with van der Waals surface area (Å²) in [6.07, 6.45) is -0.857. The molecule has 0 saturated heterocycles. The summed E-state index contributed by atoms with van der Waals surface area (Å²) < 4.78 is 24.2. The van der Waals surface area contributed by atoms with E-state index in [1.807, 2.05) is 0 Å². The monoisotopic (exact) mass is 161 g/mol. The highest BCUT2D eigenvalue weighted by atomic mass is 19.3. The lowest BCUT2D eigenvalue weighted by Gasteiger charge is -1.95. The van der Waals surface area contributed by atoms with Crippen LogP contribution in [0.1, 0.15) is 10.5 Å².